The summed E-state index contributed by atoms with van der Waals surface area (Å²) in [7, 11) is 0. The van der Waals surface area contributed by atoms with Gasteiger partial charge in [-0.2, -0.15) is 0 Å². The van der Waals surface area contributed by atoms with Crippen molar-refractivity contribution in [2.75, 3.05) is 6.54 Å². The van der Waals surface area contributed by atoms with Crippen LogP contribution in [0.1, 0.15) is 80.2 Å². The van der Waals surface area contributed by atoms with Crippen LogP contribution in [0.4, 0.5) is 9.59 Å². The number of alkyl carbamates (subject to hydrolysis) is 2. The van der Waals surface area contributed by atoms with E-state index in [2.05, 4.69) is 10.6 Å². The number of esters is 1. The number of unbranched alkanes of at least 4 members (excludes halogenated alkanes) is 1. The van der Waals surface area contributed by atoms with Gasteiger partial charge in [-0.3, -0.25) is 0 Å². The predicted molar refractivity (Wildman–Crippen MR) is 137 cm³/mol. The lowest BCUT2D eigenvalue weighted by Crippen LogP contribution is -2.46. The van der Waals surface area contributed by atoms with Gasteiger partial charge in [-0.25, -0.2) is 14.4 Å². The van der Waals surface area contributed by atoms with Crippen LogP contribution in [0.25, 0.3) is 0 Å². The zero-order valence-corrected chi connectivity index (χ0v) is 23.0. The Hall–Kier alpha value is -2.48. The van der Waals surface area contributed by atoms with Crippen molar-refractivity contribution in [1.29, 1.82) is 0 Å². The number of amides is 2. The van der Waals surface area contributed by atoms with E-state index >= 15 is 0 Å². The molecule has 1 atom stereocenters. The van der Waals surface area contributed by atoms with Crippen molar-refractivity contribution in [3.05, 3.63) is 34.9 Å². The zero-order chi connectivity index (χ0) is 26.9. The third kappa shape index (κ3) is 14.5. The Labute approximate surface area is 214 Å². The summed E-state index contributed by atoms with van der Waals surface area (Å²) in [5.74, 6) is -0.546. The lowest BCUT2D eigenvalue weighted by Gasteiger charge is -2.29. The zero-order valence-electron chi connectivity index (χ0n) is 22.2. The lowest BCUT2D eigenvalue weighted by atomic mass is 9.98. The van der Waals surface area contributed by atoms with Gasteiger partial charge in [0.05, 0.1) is 0 Å². The minimum atomic E-state index is -0.893. The highest BCUT2D eigenvalue weighted by molar-refractivity contribution is 6.30. The number of ether oxygens (including phenoxy) is 3. The number of carbonyl (C=O) groups is 3. The summed E-state index contributed by atoms with van der Waals surface area (Å²) in [6.07, 6.45) is 0.766. The number of hydrogen-bond acceptors (Lipinski definition) is 6. The molecule has 0 aromatic heterocycles. The fourth-order valence-corrected chi connectivity index (χ4v) is 3.28. The maximum absolute atomic E-state index is 13.0. The first-order valence-electron chi connectivity index (χ1n) is 11.9. The second-order valence-corrected chi connectivity index (χ2v) is 11.5. The standard InChI is InChI=1S/C26H41ClN2O6/c1-24(2,3)34-22(31)28-16-10-9-11-20(29-23(32)35-25(4,5)6)21(30)33-26(7,8)17-18-12-14-19(27)15-13-18/h12-15,20H,9-11,16-17H2,1-8H3,(H,28,31)(H,29,32). The second kappa shape index (κ2) is 13.0. The van der Waals surface area contributed by atoms with E-state index < -0.39 is 41.0 Å². The van der Waals surface area contributed by atoms with Crippen LogP contribution in [0.15, 0.2) is 24.3 Å². The van der Waals surface area contributed by atoms with E-state index in [1.807, 2.05) is 26.0 Å². The summed E-state index contributed by atoms with van der Waals surface area (Å²) < 4.78 is 16.3. The van der Waals surface area contributed by atoms with Crippen molar-refractivity contribution in [2.45, 2.75) is 104 Å². The first kappa shape index (κ1) is 30.6. The van der Waals surface area contributed by atoms with Crippen molar-refractivity contribution in [3.63, 3.8) is 0 Å². The fraction of sp³-hybridized carbons (Fsp3) is 0.654. The molecule has 1 unspecified atom stereocenters. The molecular weight excluding hydrogens is 472 g/mol. The maximum atomic E-state index is 13.0. The van der Waals surface area contributed by atoms with Gasteiger partial charge >= 0.3 is 18.2 Å². The van der Waals surface area contributed by atoms with Crippen molar-refractivity contribution in [1.82, 2.24) is 10.6 Å². The molecule has 1 aromatic rings. The highest BCUT2D eigenvalue weighted by Gasteiger charge is 2.30. The molecule has 0 aliphatic carbocycles. The summed E-state index contributed by atoms with van der Waals surface area (Å²) in [6.45, 7) is 14.6. The summed E-state index contributed by atoms with van der Waals surface area (Å²) in [4.78, 5) is 37.2. The molecular formula is C26H41ClN2O6. The Morgan fingerprint density at radius 1 is 0.829 bits per heavy atom. The highest BCUT2D eigenvalue weighted by Crippen LogP contribution is 2.21. The van der Waals surface area contributed by atoms with Crippen LogP contribution in [0.5, 0.6) is 0 Å². The normalized spacial score (nSPS) is 12.9. The molecule has 0 fully saturated rings. The second-order valence-electron chi connectivity index (χ2n) is 11.1. The van der Waals surface area contributed by atoms with Gasteiger partial charge in [-0.15, -0.1) is 0 Å². The Balaban J connectivity index is 2.71. The smallest absolute Gasteiger partial charge is 0.408 e. The first-order valence-corrected chi connectivity index (χ1v) is 12.3. The van der Waals surface area contributed by atoms with E-state index in [0.29, 0.717) is 37.3 Å². The van der Waals surface area contributed by atoms with Crippen LogP contribution in [-0.4, -0.2) is 47.5 Å². The van der Waals surface area contributed by atoms with E-state index in [-0.39, 0.29) is 0 Å². The average Bonchev–Trinajstić information content (AvgIpc) is 2.65. The molecule has 0 saturated carbocycles. The minimum absolute atomic E-state index is 0.325. The topological polar surface area (TPSA) is 103 Å². The Morgan fingerprint density at radius 2 is 1.37 bits per heavy atom. The molecule has 1 aromatic carbocycles. The van der Waals surface area contributed by atoms with E-state index in [1.165, 1.54) is 0 Å². The number of hydrogen-bond donors (Lipinski definition) is 2. The molecule has 0 bridgehead atoms. The molecule has 0 radical (unpaired) electrons. The molecule has 2 N–H and O–H groups in total. The summed E-state index contributed by atoms with van der Waals surface area (Å²) in [5.41, 5.74) is -1.12. The molecule has 0 spiro atoms. The van der Waals surface area contributed by atoms with Crippen LogP contribution < -0.4 is 10.6 Å². The third-order valence-electron chi connectivity index (χ3n) is 4.48. The van der Waals surface area contributed by atoms with E-state index in [1.54, 1.807) is 53.7 Å². The van der Waals surface area contributed by atoms with Gasteiger partial charge in [0.25, 0.3) is 0 Å². The van der Waals surface area contributed by atoms with Gasteiger partial charge in [-0.1, -0.05) is 23.7 Å². The fourth-order valence-electron chi connectivity index (χ4n) is 3.15. The van der Waals surface area contributed by atoms with E-state index in [9.17, 15) is 14.4 Å². The molecule has 35 heavy (non-hydrogen) atoms. The maximum Gasteiger partial charge on any atom is 0.408 e. The van der Waals surface area contributed by atoms with Gasteiger partial charge in [0.15, 0.2) is 0 Å². The minimum Gasteiger partial charge on any atom is -0.458 e. The number of carbonyl (C=O) groups excluding carboxylic acids is 3. The molecule has 8 nitrogen and oxygen atoms in total. The molecule has 2 amide bonds. The molecule has 0 saturated heterocycles. The number of halogens is 1. The largest absolute Gasteiger partial charge is 0.458 e. The molecule has 1 rings (SSSR count). The number of nitrogens with one attached hydrogen (secondary N) is 2. The van der Waals surface area contributed by atoms with E-state index in [0.717, 1.165) is 5.56 Å². The monoisotopic (exact) mass is 512 g/mol. The average molecular weight is 513 g/mol. The van der Waals surface area contributed by atoms with Crippen LogP contribution in [0, 0.1) is 0 Å². The highest BCUT2D eigenvalue weighted by atomic mass is 35.5. The molecule has 0 aliphatic heterocycles. The molecule has 198 valence electrons. The summed E-state index contributed by atoms with van der Waals surface area (Å²) in [5, 5.41) is 5.95. The van der Waals surface area contributed by atoms with Crippen LogP contribution in [0.2, 0.25) is 5.02 Å². The SMILES string of the molecule is CC(C)(C)OC(=O)NCCCCC(NC(=O)OC(C)(C)C)C(=O)OC(C)(C)Cc1ccc(Cl)cc1. The van der Waals surface area contributed by atoms with Crippen LogP contribution in [-0.2, 0) is 25.4 Å². The van der Waals surface area contributed by atoms with Crippen molar-refractivity contribution in [2.24, 2.45) is 0 Å². The predicted octanol–water partition coefficient (Wildman–Crippen LogP) is 5.79. The van der Waals surface area contributed by atoms with Gasteiger partial charge in [0.1, 0.15) is 22.8 Å². The van der Waals surface area contributed by atoms with Crippen molar-refractivity contribution in [3.8, 4) is 0 Å². The molecule has 0 aliphatic rings. The van der Waals surface area contributed by atoms with Gasteiger partial charge in [-0.05, 0) is 92.3 Å². The molecule has 9 heteroatoms. The first-order chi connectivity index (χ1) is 16.0. The molecule has 0 heterocycles. The van der Waals surface area contributed by atoms with Crippen LogP contribution in [0.3, 0.4) is 0 Å². The van der Waals surface area contributed by atoms with Gasteiger partial charge in [0, 0.05) is 18.0 Å². The quantitative estimate of drug-likeness (QED) is 0.233. The van der Waals surface area contributed by atoms with Crippen molar-refractivity contribution < 1.29 is 28.6 Å². The van der Waals surface area contributed by atoms with Crippen molar-refractivity contribution >= 4 is 29.8 Å². The van der Waals surface area contributed by atoms with Crippen LogP contribution >= 0.6 is 11.6 Å². The summed E-state index contributed by atoms with van der Waals surface area (Å²) in [6, 6.07) is 6.44. The lowest BCUT2D eigenvalue weighted by molar-refractivity contribution is -0.159. The van der Waals surface area contributed by atoms with Gasteiger partial charge < -0.3 is 24.8 Å². The van der Waals surface area contributed by atoms with Gasteiger partial charge in [0.2, 0.25) is 0 Å². The Morgan fingerprint density at radius 3 is 1.91 bits per heavy atom. The van der Waals surface area contributed by atoms with E-state index in [4.69, 9.17) is 25.8 Å². The third-order valence-corrected chi connectivity index (χ3v) is 4.74. The number of benzene rings is 1. The Kier molecular flexibility index (Phi) is 11.3. The number of rotatable bonds is 10. The summed E-state index contributed by atoms with van der Waals surface area (Å²) >= 11 is 5.95. The Bertz CT molecular complexity index is 841.